The van der Waals surface area contributed by atoms with Gasteiger partial charge in [0.25, 0.3) is 0 Å². The van der Waals surface area contributed by atoms with Crippen LogP contribution in [0.1, 0.15) is 73.6 Å². The lowest BCUT2D eigenvalue weighted by Crippen LogP contribution is -2.31. The molecule has 0 radical (unpaired) electrons. The summed E-state index contributed by atoms with van der Waals surface area (Å²) in [6, 6.07) is 0. The lowest BCUT2D eigenvalue weighted by Gasteiger charge is -2.42. The molecule has 0 aromatic rings. The summed E-state index contributed by atoms with van der Waals surface area (Å²) in [5, 5.41) is 0. The fourth-order valence-corrected chi connectivity index (χ4v) is 3.55. The molecule has 0 heteroatoms. The molecule has 0 atom stereocenters. The number of hydrogen-bond acceptors (Lipinski definition) is 0. The van der Waals surface area contributed by atoms with Crippen LogP contribution in [0.25, 0.3) is 0 Å². The molecule has 0 heterocycles. The first kappa shape index (κ1) is 13.1. The average Bonchev–Trinajstić information content (AvgIpc) is 2.00. The molecule has 1 aliphatic rings. The van der Waals surface area contributed by atoms with Gasteiger partial charge in [-0.15, -0.1) is 0 Å². The summed E-state index contributed by atoms with van der Waals surface area (Å²) >= 11 is 0. The molecular weight excluding hydrogens is 180 g/mol. The van der Waals surface area contributed by atoms with Crippen LogP contribution in [-0.2, 0) is 0 Å². The second kappa shape index (κ2) is 4.47. The van der Waals surface area contributed by atoms with E-state index < -0.39 is 0 Å². The van der Waals surface area contributed by atoms with Gasteiger partial charge in [-0.25, -0.2) is 0 Å². The van der Waals surface area contributed by atoms with Crippen LogP contribution in [0, 0.1) is 22.7 Å². The molecule has 0 aromatic heterocycles. The summed E-state index contributed by atoms with van der Waals surface area (Å²) in [5.74, 6) is 1.94. The van der Waals surface area contributed by atoms with E-state index in [1.165, 1.54) is 32.1 Å². The Balaban J connectivity index is 2.54. The maximum absolute atomic E-state index is 2.49. The summed E-state index contributed by atoms with van der Waals surface area (Å²) in [4.78, 5) is 0. The van der Waals surface area contributed by atoms with Crippen LogP contribution in [0.15, 0.2) is 0 Å². The van der Waals surface area contributed by atoms with E-state index in [2.05, 4.69) is 41.5 Å². The minimum atomic E-state index is 0.479. The zero-order valence-electron chi connectivity index (χ0n) is 11.7. The highest BCUT2D eigenvalue weighted by molar-refractivity contribution is 4.85. The van der Waals surface area contributed by atoms with Crippen molar-refractivity contribution in [2.45, 2.75) is 73.6 Å². The quantitative estimate of drug-likeness (QED) is 0.582. The first-order chi connectivity index (χ1) is 6.71. The van der Waals surface area contributed by atoms with Crippen molar-refractivity contribution < 1.29 is 0 Å². The molecule has 0 unspecified atom stereocenters. The van der Waals surface area contributed by atoms with Crippen LogP contribution < -0.4 is 0 Å². The monoisotopic (exact) mass is 210 g/mol. The SMILES string of the molecule is CC1CCC(C(C)(C)CC(C)(C)C)CC1. The summed E-state index contributed by atoms with van der Waals surface area (Å²) in [6.45, 7) is 14.5. The normalized spacial score (nSPS) is 29.2. The summed E-state index contributed by atoms with van der Waals surface area (Å²) in [5.41, 5.74) is 1.02. The van der Waals surface area contributed by atoms with E-state index in [1.807, 2.05) is 0 Å². The van der Waals surface area contributed by atoms with Crippen LogP contribution in [0.3, 0.4) is 0 Å². The fraction of sp³-hybridized carbons (Fsp3) is 1.00. The van der Waals surface area contributed by atoms with Gasteiger partial charge in [-0.1, -0.05) is 54.4 Å². The van der Waals surface area contributed by atoms with Crippen molar-refractivity contribution in [1.82, 2.24) is 0 Å². The second-order valence-electron chi connectivity index (χ2n) is 7.68. The van der Waals surface area contributed by atoms with Gasteiger partial charge >= 0.3 is 0 Å². The van der Waals surface area contributed by atoms with Crippen LogP contribution in [0.4, 0.5) is 0 Å². The van der Waals surface area contributed by atoms with Crippen molar-refractivity contribution in [2.24, 2.45) is 22.7 Å². The lowest BCUT2D eigenvalue weighted by molar-refractivity contribution is 0.0878. The van der Waals surface area contributed by atoms with Crippen molar-refractivity contribution in [1.29, 1.82) is 0 Å². The Bertz CT molecular complexity index is 187. The second-order valence-corrected chi connectivity index (χ2v) is 7.68. The molecule has 1 rings (SSSR count). The molecule has 0 amide bonds. The molecule has 90 valence electrons. The Labute approximate surface area is 96.8 Å². The number of rotatable bonds is 2. The van der Waals surface area contributed by atoms with E-state index in [-0.39, 0.29) is 0 Å². The van der Waals surface area contributed by atoms with E-state index >= 15 is 0 Å². The third-order valence-electron chi connectivity index (χ3n) is 4.11. The molecular formula is C15H30. The van der Waals surface area contributed by atoms with Crippen molar-refractivity contribution in [3.8, 4) is 0 Å². The van der Waals surface area contributed by atoms with Gasteiger partial charge in [0, 0.05) is 0 Å². The predicted molar refractivity (Wildman–Crippen MR) is 69.0 cm³/mol. The first-order valence-corrected chi connectivity index (χ1v) is 6.71. The molecule has 1 aliphatic carbocycles. The van der Waals surface area contributed by atoms with Crippen LogP contribution in [-0.4, -0.2) is 0 Å². The van der Waals surface area contributed by atoms with Crippen molar-refractivity contribution in [3.05, 3.63) is 0 Å². The molecule has 0 saturated heterocycles. The van der Waals surface area contributed by atoms with Crippen LogP contribution >= 0.6 is 0 Å². The van der Waals surface area contributed by atoms with Crippen molar-refractivity contribution in [3.63, 3.8) is 0 Å². The number of hydrogen-bond donors (Lipinski definition) is 0. The van der Waals surface area contributed by atoms with Crippen molar-refractivity contribution >= 4 is 0 Å². The highest BCUT2D eigenvalue weighted by atomic mass is 14.4. The van der Waals surface area contributed by atoms with Crippen LogP contribution in [0.2, 0.25) is 0 Å². The Morgan fingerprint density at radius 2 is 1.33 bits per heavy atom. The zero-order chi connectivity index (χ0) is 11.7. The van der Waals surface area contributed by atoms with E-state index in [9.17, 15) is 0 Å². The van der Waals surface area contributed by atoms with E-state index in [0.29, 0.717) is 10.8 Å². The molecule has 1 fully saturated rings. The predicted octanol–water partition coefficient (Wildman–Crippen LogP) is 5.28. The Morgan fingerprint density at radius 3 is 1.73 bits per heavy atom. The highest BCUT2D eigenvalue weighted by Gasteiger charge is 2.34. The van der Waals surface area contributed by atoms with Crippen molar-refractivity contribution in [2.75, 3.05) is 0 Å². The zero-order valence-corrected chi connectivity index (χ0v) is 11.7. The van der Waals surface area contributed by atoms with Gasteiger partial charge in [-0.05, 0) is 41.9 Å². The molecule has 0 aromatic carbocycles. The summed E-state index contributed by atoms with van der Waals surface area (Å²) < 4.78 is 0. The van der Waals surface area contributed by atoms with E-state index in [0.717, 1.165) is 11.8 Å². The third kappa shape index (κ3) is 4.17. The van der Waals surface area contributed by atoms with Gasteiger partial charge in [0.2, 0.25) is 0 Å². The fourth-order valence-electron chi connectivity index (χ4n) is 3.55. The summed E-state index contributed by atoms with van der Waals surface area (Å²) in [6.07, 6.45) is 7.20. The smallest absolute Gasteiger partial charge is 0.0321 e. The van der Waals surface area contributed by atoms with E-state index in [4.69, 9.17) is 0 Å². The van der Waals surface area contributed by atoms with Gasteiger partial charge in [0.05, 0.1) is 0 Å². The Kier molecular flexibility index (Phi) is 3.90. The van der Waals surface area contributed by atoms with Gasteiger partial charge in [0.1, 0.15) is 0 Å². The standard InChI is InChI=1S/C15H30/c1-12-7-9-13(10-8-12)15(5,6)11-14(2,3)4/h12-13H,7-11H2,1-6H3. The van der Waals surface area contributed by atoms with E-state index in [1.54, 1.807) is 0 Å². The Hall–Kier alpha value is 0. The maximum atomic E-state index is 2.49. The van der Waals surface area contributed by atoms with Gasteiger partial charge < -0.3 is 0 Å². The summed E-state index contributed by atoms with van der Waals surface area (Å²) in [7, 11) is 0. The van der Waals surface area contributed by atoms with Gasteiger partial charge in [-0.3, -0.25) is 0 Å². The first-order valence-electron chi connectivity index (χ1n) is 6.71. The maximum Gasteiger partial charge on any atom is -0.0321 e. The molecule has 0 spiro atoms. The lowest BCUT2D eigenvalue weighted by atomic mass is 9.63. The Morgan fingerprint density at radius 1 is 0.867 bits per heavy atom. The molecule has 0 nitrogen and oxygen atoms in total. The topological polar surface area (TPSA) is 0 Å². The minimum absolute atomic E-state index is 0.479. The minimum Gasteiger partial charge on any atom is -0.0625 e. The van der Waals surface area contributed by atoms with Gasteiger partial charge in [-0.2, -0.15) is 0 Å². The largest absolute Gasteiger partial charge is 0.0625 e. The van der Waals surface area contributed by atoms with Gasteiger partial charge in [0.15, 0.2) is 0 Å². The molecule has 0 N–H and O–H groups in total. The molecule has 0 aliphatic heterocycles. The van der Waals surface area contributed by atoms with Crippen LogP contribution in [0.5, 0.6) is 0 Å². The molecule has 15 heavy (non-hydrogen) atoms. The average molecular weight is 210 g/mol. The molecule has 0 bridgehead atoms. The highest BCUT2D eigenvalue weighted by Crippen LogP contribution is 2.45. The molecule has 1 saturated carbocycles. The third-order valence-corrected chi connectivity index (χ3v) is 4.11.